The number of nitrogens with zero attached hydrogens (tertiary/aromatic N) is 2. The number of H-pyrrole nitrogens is 1. The zero-order valence-electron chi connectivity index (χ0n) is 18.3. The van der Waals surface area contributed by atoms with Crippen molar-refractivity contribution in [3.05, 3.63) is 41.6 Å². The molecule has 0 aliphatic rings. The van der Waals surface area contributed by atoms with Gasteiger partial charge in [-0.3, -0.25) is 14.4 Å². The van der Waals surface area contributed by atoms with E-state index >= 15 is 0 Å². The highest BCUT2D eigenvalue weighted by molar-refractivity contribution is 6.25. The zero-order valence-corrected chi connectivity index (χ0v) is 18.3. The van der Waals surface area contributed by atoms with Gasteiger partial charge >= 0.3 is 12.2 Å². The van der Waals surface area contributed by atoms with Gasteiger partial charge in [0.05, 0.1) is 6.10 Å². The molecule has 2 amide bonds. The third-order valence-corrected chi connectivity index (χ3v) is 4.63. The van der Waals surface area contributed by atoms with E-state index in [0.717, 1.165) is 22.7 Å². The summed E-state index contributed by atoms with van der Waals surface area (Å²) in [4.78, 5) is 54.7. The van der Waals surface area contributed by atoms with Crippen LogP contribution < -0.4 is 10.6 Å². The zero-order chi connectivity index (χ0) is 23.7. The van der Waals surface area contributed by atoms with Gasteiger partial charge in [0, 0.05) is 36.9 Å². The number of aromatic nitrogens is 1. The molecule has 0 saturated carbocycles. The van der Waals surface area contributed by atoms with Crippen LogP contribution >= 0.6 is 0 Å². The molecule has 0 aliphatic heterocycles. The van der Waals surface area contributed by atoms with E-state index in [1.807, 2.05) is 24.3 Å². The van der Waals surface area contributed by atoms with Crippen LogP contribution in [0.3, 0.4) is 0 Å². The van der Waals surface area contributed by atoms with E-state index in [0.29, 0.717) is 0 Å². The van der Waals surface area contributed by atoms with E-state index < -0.39 is 41.8 Å². The second-order valence-corrected chi connectivity index (χ2v) is 7.61. The molecule has 2 atom stereocenters. The number of para-hydroxylation sites is 1. The quantitative estimate of drug-likeness (QED) is 0.208. The Kier molecular flexibility index (Phi) is 8.85. The van der Waals surface area contributed by atoms with Crippen LogP contribution in [-0.4, -0.2) is 57.7 Å². The summed E-state index contributed by atoms with van der Waals surface area (Å²) in [5.41, 5.74) is 10.2. The van der Waals surface area contributed by atoms with E-state index in [2.05, 4.69) is 20.4 Å². The van der Waals surface area contributed by atoms with Crippen molar-refractivity contribution in [1.82, 2.24) is 15.6 Å². The lowest BCUT2D eigenvalue weighted by atomic mass is 10.0. The maximum Gasteiger partial charge on any atom is 0.328 e. The Labute approximate surface area is 185 Å². The Hall–Kier alpha value is -3.78. The number of nitrogens with one attached hydrogen (secondary N) is 3. The van der Waals surface area contributed by atoms with Crippen LogP contribution in [0, 0.1) is 0 Å². The number of esters is 1. The van der Waals surface area contributed by atoms with Gasteiger partial charge in [0.1, 0.15) is 12.1 Å². The number of aromatic amines is 1. The van der Waals surface area contributed by atoms with Gasteiger partial charge in [-0.05, 0) is 31.9 Å². The molecular formula is C22H27N5O5. The van der Waals surface area contributed by atoms with Crippen LogP contribution in [0.5, 0.6) is 0 Å². The molecule has 0 aliphatic carbocycles. The molecule has 2 aromatic rings. The molecular weight excluding hydrogens is 414 g/mol. The number of Topliss-reactive ketones (excluding diaryl/α,β-unsaturated/α-hetero) is 1. The molecule has 0 radical (unpaired) electrons. The van der Waals surface area contributed by atoms with E-state index in [1.54, 1.807) is 20.0 Å². The standard InChI is InChI=1S/C22H27N5O5/c1-13(2)32-22(31)19(9-8-16(29)12-25-23)27-21(30)20(26-14(3)28)10-15-11-24-18-7-5-4-6-17(15)18/h4-7,11-13,19-20,24H,8-10H2,1-3H3,(H,26,28)(H,27,30)/t19-,20+/m1/s1. The number of fused-ring (bicyclic) bond motifs is 1. The summed E-state index contributed by atoms with van der Waals surface area (Å²) in [6.45, 7) is 4.63. The Balaban J connectivity index is 2.20. The third kappa shape index (κ3) is 7.17. The highest BCUT2D eigenvalue weighted by atomic mass is 16.5. The lowest BCUT2D eigenvalue weighted by molar-refractivity contribution is -0.152. The molecule has 0 spiro atoms. The molecule has 10 heteroatoms. The summed E-state index contributed by atoms with van der Waals surface area (Å²) in [5.74, 6) is -2.20. The largest absolute Gasteiger partial charge is 0.461 e. The minimum Gasteiger partial charge on any atom is -0.461 e. The number of ketones is 1. The van der Waals surface area contributed by atoms with Crippen molar-refractivity contribution >= 4 is 40.7 Å². The maximum atomic E-state index is 13.0. The fourth-order valence-electron chi connectivity index (χ4n) is 3.23. The second kappa shape index (κ2) is 11.6. The lowest BCUT2D eigenvalue weighted by Gasteiger charge is -2.23. The van der Waals surface area contributed by atoms with Crippen molar-refractivity contribution in [2.45, 2.75) is 58.2 Å². The Bertz CT molecular complexity index is 1040. The number of carbonyl (C=O) groups excluding carboxylic acids is 4. The van der Waals surface area contributed by atoms with E-state index in [9.17, 15) is 19.2 Å². The summed E-state index contributed by atoms with van der Waals surface area (Å²) in [7, 11) is 0. The average Bonchev–Trinajstić information content (AvgIpc) is 3.12. The molecule has 1 heterocycles. The Morgan fingerprint density at radius 2 is 1.88 bits per heavy atom. The van der Waals surface area contributed by atoms with Crippen LogP contribution in [0.25, 0.3) is 16.4 Å². The molecule has 0 unspecified atom stereocenters. The first-order valence-electron chi connectivity index (χ1n) is 10.2. The molecule has 170 valence electrons. The molecule has 1 aromatic carbocycles. The molecule has 0 saturated heterocycles. The number of hydrogen-bond donors (Lipinski definition) is 3. The predicted molar refractivity (Wildman–Crippen MR) is 117 cm³/mol. The van der Waals surface area contributed by atoms with Crippen molar-refractivity contribution in [3.63, 3.8) is 0 Å². The van der Waals surface area contributed by atoms with Crippen LogP contribution in [0.2, 0.25) is 0 Å². The number of carbonyl (C=O) groups is 4. The summed E-state index contributed by atoms with van der Waals surface area (Å²) in [6, 6.07) is 5.50. The van der Waals surface area contributed by atoms with Gasteiger partial charge in [-0.1, -0.05) is 18.2 Å². The van der Waals surface area contributed by atoms with E-state index in [-0.39, 0.29) is 19.3 Å². The minimum atomic E-state index is -1.11. The van der Waals surface area contributed by atoms with Gasteiger partial charge in [0.2, 0.25) is 17.6 Å². The minimum absolute atomic E-state index is 0.0535. The summed E-state index contributed by atoms with van der Waals surface area (Å²) in [6.07, 6.45) is 2.07. The number of hydrogen-bond acceptors (Lipinski definition) is 5. The van der Waals surface area contributed by atoms with Gasteiger partial charge in [-0.15, -0.1) is 0 Å². The first kappa shape index (κ1) is 24.5. The number of rotatable bonds is 11. The van der Waals surface area contributed by atoms with Crippen molar-refractivity contribution in [1.29, 1.82) is 0 Å². The van der Waals surface area contributed by atoms with Gasteiger partial charge in [0.25, 0.3) is 0 Å². The molecule has 0 fully saturated rings. The maximum absolute atomic E-state index is 13.0. The average molecular weight is 441 g/mol. The summed E-state index contributed by atoms with van der Waals surface area (Å²) in [5, 5.41) is 6.12. The first-order chi connectivity index (χ1) is 15.2. The summed E-state index contributed by atoms with van der Waals surface area (Å²) < 4.78 is 5.19. The van der Waals surface area contributed by atoms with Gasteiger partial charge in [-0.2, -0.15) is 4.79 Å². The first-order valence-corrected chi connectivity index (χ1v) is 10.2. The van der Waals surface area contributed by atoms with Crippen molar-refractivity contribution in [2.75, 3.05) is 0 Å². The highest BCUT2D eigenvalue weighted by Gasteiger charge is 2.29. The van der Waals surface area contributed by atoms with Gasteiger partial charge < -0.3 is 25.9 Å². The Morgan fingerprint density at radius 3 is 2.53 bits per heavy atom. The highest BCUT2D eigenvalue weighted by Crippen LogP contribution is 2.19. The van der Waals surface area contributed by atoms with Crippen molar-refractivity contribution in [2.24, 2.45) is 0 Å². The normalized spacial score (nSPS) is 12.5. The van der Waals surface area contributed by atoms with Crippen LogP contribution in [0.1, 0.15) is 39.2 Å². The predicted octanol–water partition coefficient (Wildman–Crippen LogP) is 1.30. The second-order valence-electron chi connectivity index (χ2n) is 7.61. The fraction of sp³-hybridized carbons (Fsp3) is 0.409. The number of benzene rings is 1. The SMILES string of the molecule is CC(=O)N[C@@H](Cc1c[nH]c2ccccc12)C(=O)N[C@H](CCC(=O)C=[N+]=[N-])C(=O)OC(C)C. The lowest BCUT2D eigenvalue weighted by Crippen LogP contribution is -2.52. The van der Waals surface area contributed by atoms with Gasteiger partial charge in [0.15, 0.2) is 0 Å². The molecule has 32 heavy (non-hydrogen) atoms. The fourth-order valence-corrected chi connectivity index (χ4v) is 3.23. The smallest absolute Gasteiger partial charge is 0.328 e. The van der Waals surface area contributed by atoms with Crippen LogP contribution in [-0.2, 0) is 30.3 Å². The molecule has 10 nitrogen and oxygen atoms in total. The van der Waals surface area contributed by atoms with Crippen LogP contribution in [0.4, 0.5) is 0 Å². The van der Waals surface area contributed by atoms with Gasteiger partial charge in [-0.25, -0.2) is 4.79 Å². The summed E-state index contributed by atoms with van der Waals surface area (Å²) >= 11 is 0. The van der Waals surface area contributed by atoms with E-state index in [1.165, 1.54) is 6.92 Å². The third-order valence-electron chi connectivity index (χ3n) is 4.63. The van der Waals surface area contributed by atoms with Crippen molar-refractivity contribution < 1.29 is 28.7 Å². The van der Waals surface area contributed by atoms with Crippen molar-refractivity contribution in [3.8, 4) is 0 Å². The molecule has 0 bridgehead atoms. The topological polar surface area (TPSA) is 154 Å². The monoisotopic (exact) mass is 441 g/mol. The number of amides is 2. The van der Waals surface area contributed by atoms with Crippen LogP contribution in [0.15, 0.2) is 30.5 Å². The molecule has 1 aromatic heterocycles. The number of ether oxygens (including phenoxy) is 1. The molecule has 2 rings (SSSR count). The Morgan fingerprint density at radius 1 is 1.16 bits per heavy atom. The molecule has 3 N–H and O–H groups in total. The van der Waals surface area contributed by atoms with E-state index in [4.69, 9.17) is 10.3 Å².